The van der Waals surface area contributed by atoms with Crippen LogP contribution in [0.25, 0.3) is 21.5 Å². The summed E-state index contributed by atoms with van der Waals surface area (Å²) in [5.74, 6) is -1.57. The van der Waals surface area contributed by atoms with Crippen molar-refractivity contribution in [1.29, 1.82) is 0 Å². The molecule has 0 aliphatic carbocycles. The van der Waals surface area contributed by atoms with Gasteiger partial charge < -0.3 is 10.1 Å². The van der Waals surface area contributed by atoms with Crippen LogP contribution in [0.5, 0.6) is 0 Å². The molecule has 0 saturated heterocycles. The number of benzene rings is 3. The predicted octanol–water partition coefficient (Wildman–Crippen LogP) is 2.21. The number of amides is 2. The van der Waals surface area contributed by atoms with Gasteiger partial charge in [0.05, 0.1) is 12.8 Å². The predicted molar refractivity (Wildman–Crippen MR) is 102 cm³/mol. The van der Waals surface area contributed by atoms with E-state index in [-0.39, 0.29) is 6.54 Å². The Morgan fingerprint density at radius 3 is 2.23 bits per heavy atom. The number of carbonyl (C=O) groups is 2. The molecule has 3 aromatic carbocycles. The minimum atomic E-state index is -0.818. The zero-order valence-electron chi connectivity index (χ0n) is 14.4. The maximum absolute atomic E-state index is 11.8. The number of hydrogen-bond donors (Lipinski definition) is 2. The van der Waals surface area contributed by atoms with Gasteiger partial charge in [-0.1, -0.05) is 48.5 Å². The van der Waals surface area contributed by atoms with E-state index in [0.717, 1.165) is 27.1 Å². The van der Waals surface area contributed by atoms with Crippen LogP contribution in [0.1, 0.15) is 5.56 Å². The Labute approximate surface area is 150 Å². The van der Waals surface area contributed by atoms with Gasteiger partial charge in [0.2, 0.25) is 0 Å². The molecule has 2 N–H and O–H groups in total. The third kappa shape index (κ3) is 3.87. The first-order valence-corrected chi connectivity index (χ1v) is 8.21. The number of fused-ring (bicyclic) bond motifs is 2. The van der Waals surface area contributed by atoms with E-state index >= 15 is 0 Å². The fourth-order valence-electron chi connectivity index (χ4n) is 2.74. The third-order valence-corrected chi connectivity index (χ3v) is 3.97. The molecule has 6 heteroatoms. The molecule has 26 heavy (non-hydrogen) atoms. The molecular weight excluding hydrogens is 330 g/mol. The van der Waals surface area contributed by atoms with Crippen LogP contribution in [-0.2, 0) is 14.3 Å². The minimum absolute atomic E-state index is 0.264. The highest BCUT2D eigenvalue weighted by Gasteiger charge is 2.11. The van der Waals surface area contributed by atoms with Gasteiger partial charge in [0.15, 0.2) is 0 Å². The summed E-state index contributed by atoms with van der Waals surface area (Å²) in [6, 6.07) is 18.0. The highest BCUT2D eigenvalue weighted by atomic mass is 16.5. The van der Waals surface area contributed by atoms with Gasteiger partial charge in [0.1, 0.15) is 0 Å². The summed E-state index contributed by atoms with van der Waals surface area (Å²) in [6.45, 7) is 0.602. The van der Waals surface area contributed by atoms with Crippen LogP contribution in [0.4, 0.5) is 0 Å². The molecule has 3 rings (SSSR count). The molecule has 0 aromatic heterocycles. The molecule has 0 unspecified atom stereocenters. The fraction of sp³-hybridized carbons (Fsp3) is 0.150. The number of carbonyl (C=O) groups excluding carboxylic acids is 2. The molecule has 0 atom stereocenters. The summed E-state index contributed by atoms with van der Waals surface area (Å²) < 4.78 is 4.82. The van der Waals surface area contributed by atoms with E-state index in [4.69, 9.17) is 4.74 Å². The van der Waals surface area contributed by atoms with E-state index in [0.29, 0.717) is 6.61 Å². The van der Waals surface area contributed by atoms with E-state index < -0.39 is 11.8 Å². The Balaban J connectivity index is 1.84. The Morgan fingerprint density at radius 2 is 1.62 bits per heavy atom. The largest absolute Gasteiger partial charge is 0.383 e. The molecule has 3 aromatic rings. The van der Waals surface area contributed by atoms with E-state index in [1.54, 1.807) is 6.21 Å². The van der Waals surface area contributed by atoms with E-state index in [9.17, 15) is 9.59 Å². The van der Waals surface area contributed by atoms with Gasteiger partial charge in [0, 0.05) is 19.2 Å². The maximum atomic E-state index is 11.8. The van der Waals surface area contributed by atoms with Crippen molar-refractivity contribution in [1.82, 2.24) is 10.7 Å². The first kappa shape index (κ1) is 17.6. The zero-order valence-corrected chi connectivity index (χ0v) is 14.4. The molecular formula is C20H19N3O3. The molecule has 0 aliphatic heterocycles. The summed E-state index contributed by atoms with van der Waals surface area (Å²) in [5, 5.41) is 10.6. The highest BCUT2D eigenvalue weighted by Crippen LogP contribution is 2.27. The van der Waals surface area contributed by atoms with Crippen molar-refractivity contribution in [2.45, 2.75) is 0 Å². The van der Waals surface area contributed by atoms with Crippen molar-refractivity contribution in [2.24, 2.45) is 5.10 Å². The third-order valence-electron chi connectivity index (χ3n) is 3.97. The van der Waals surface area contributed by atoms with Crippen LogP contribution in [0.3, 0.4) is 0 Å². The molecule has 0 bridgehead atoms. The average molecular weight is 349 g/mol. The average Bonchev–Trinajstić information content (AvgIpc) is 2.67. The lowest BCUT2D eigenvalue weighted by atomic mass is 9.97. The Hall–Kier alpha value is -3.25. The zero-order chi connectivity index (χ0) is 18.4. The summed E-state index contributed by atoms with van der Waals surface area (Å²) in [6.07, 6.45) is 1.57. The summed E-state index contributed by atoms with van der Waals surface area (Å²) >= 11 is 0. The summed E-state index contributed by atoms with van der Waals surface area (Å²) in [4.78, 5) is 23.4. The molecule has 0 heterocycles. The van der Waals surface area contributed by atoms with Gasteiger partial charge in [-0.25, -0.2) is 5.43 Å². The van der Waals surface area contributed by atoms with Gasteiger partial charge >= 0.3 is 11.8 Å². The van der Waals surface area contributed by atoms with Crippen molar-refractivity contribution in [3.63, 3.8) is 0 Å². The van der Waals surface area contributed by atoms with Crippen LogP contribution >= 0.6 is 0 Å². The van der Waals surface area contributed by atoms with Crippen LogP contribution in [0, 0.1) is 0 Å². The Kier molecular flexibility index (Phi) is 5.56. The summed E-state index contributed by atoms with van der Waals surface area (Å²) in [5.41, 5.74) is 3.15. The molecule has 0 fully saturated rings. The molecule has 0 saturated carbocycles. The minimum Gasteiger partial charge on any atom is -0.383 e. The number of hydrazone groups is 1. The number of methoxy groups -OCH3 is 1. The topological polar surface area (TPSA) is 79.8 Å². The number of hydrogen-bond acceptors (Lipinski definition) is 4. The van der Waals surface area contributed by atoms with Crippen LogP contribution in [0.2, 0.25) is 0 Å². The standard InChI is InChI=1S/C20H19N3O3/c1-26-11-10-21-19(24)20(25)23-22-13-18-16-8-4-2-6-14(16)12-15-7-3-5-9-17(15)18/h2-9,12-13H,10-11H2,1H3,(H,21,24)(H,23,25)/b22-13-. The second kappa shape index (κ2) is 8.22. The monoisotopic (exact) mass is 349 g/mol. The van der Waals surface area contributed by atoms with Gasteiger partial charge in [0.25, 0.3) is 0 Å². The summed E-state index contributed by atoms with van der Waals surface area (Å²) in [7, 11) is 1.52. The molecule has 0 spiro atoms. The number of rotatable bonds is 5. The van der Waals surface area contributed by atoms with E-state index in [1.807, 2.05) is 48.5 Å². The maximum Gasteiger partial charge on any atom is 0.329 e. The van der Waals surface area contributed by atoms with Gasteiger partial charge in [-0.3, -0.25) is 9.59 Å². The molecule has 6 nitrogen and oxygen atoms in total. The van der Waals surface area contributed by atoms with Crippen molar-refractivity contribution >= 4 is 39.6 Å². The Morgan fingerprint density at radius 1 is 1.00 bits per heavy atom. The second-order valence-electron chi connectivity index (χ2n) is 5.68. The molecule has 2 amide bonds. The smallest absolute Gasteiger partial charge is 0.329 e. The normalized spacial score (nSPS) is 11.1. The van der Waals surface area contributed by atoms with Crippen LogP contribution in [0.15, 0.2) is 59.7 Å². The second-order valence-corrected chi connectivity index (χ2v) is 5.68. The number of nitrogens with zero attached hydrogens (tertiary/aromatic N) is 1. The van der Waals surface area contributed by atoms with E-state index in [2.05, 4.69) is 21.9 Å². The van der Waals surface area contributed by atoms with Gasteiger partial charge in [-0.05, 0) is 27.6 Å². The van der Waals surface area contributed by atoms with Crippen molar-refractivity contribution in [3.8, 4) is 0 Å². The molecule has 132 valence electrons. The van der Waals surface area contributed by atoms with Crippen molar-refractivity contribution in [3.05, 3.63) is 60.2 Å². The lowest BCUT2D eigenvalue weighted by molar-refractivity contribution is -0.139. The van der Waals surface area contributed by atoms with Crippen molar-refractivity contribution in [2.75, 3.05) is 20.3 Å². The SMILES string of the molecule is COCCNC(=O)C(=O)N/N=C\c1c2ccccc2cc2ccccc12. The molecule has 0 aliphatic rings. The quantitative estimate of drug-likeness (QED) is 0.244. The van der Waals surface area contributed by atoms with Crippen molar-refractivity contribution < 1.29 is 14.3 Å². The number of nitrogens with one attached hydrogen (secondary N) is 2. The van der Waals surface area contributed by atoms with E-state index in [1.165, 1.54) is 7.11 Å². The number of ether oxygens (including phenoxy) is 1. The molecule has 0 radical (unpaired) electrons. The van der Waals surface area contributed by atoms with Crippen LogP contribution in [-0.4, -0.2) is 38.3 Å². The fourth-order valence-corrected chi connectivity index (χ4v) is 2.74. The first-order valence-electron chi connectivity index (χ1n) is 8.21. The first-order chi connectivity index (χ1) is 12.7. The lowest BCUT2D eigenvalue weighted by Crippen LogP contribution is -2.39. The van der Waals surface area contributed by atoms with Crippen LogP contribution < -0.4 is 10.7 Å². The highest BCUT2D eigenvalue weighted by molar-refractivity contribution is 6.35. The Bertz CT molecular complexity index is 928. The van der Waals surface area contributed by atoms with Gasteiger partial charge in [-0.2, -0.15) is 5.10 Å². The van der Waals surface area contributed by atoms with Gasteiger partial charge in [-0.15, -0.1) is 0 Å². The lowest BCUT2D eigenvalue weighted by Gasteiger charge is -2.08.